The van der Waals surface area contributed by atoms with Crippen molar-refractivity contribution in [1.82, 2.24) is 15.3 Å². The Morgan fingerprint density at radius 3 is 2.64 bits per heavy atom. The van der Waals surface area contributed by atoms with Gasteiger partial charge in [0, 0.05) is 18.2 Å². The van der Waals surface area contributed by atoms with E-state index >= 15 is 0 Å². The lowest BCUT2D eigenvalue weighted by Gasteiger charge is -2.05. The molecule has 0 spiro atoms. The summed E-state index contributed by atoms with van der Waals surface area (Å²) in [5, 5.41) is 3.27. The van der Waals surface area contributed by atoms with Gasteiger partial charge in [-0.25, -0.2) is 9.97 Å². The second-order valence-electron chi connectivity index (χ2n) is 4.64. The number of benzene rings is 1. The molecule has 114 valence electrons. The fraction of sp³-hybridized carbons (Fsp3) is 0.214. The van der Waals surface area contributed by atoms with Crippen molar-refractivity contribution in [3.63, 3.8) is 0 Å². The molecule has 0 aliphatic rings. The van der Waals surface area contributed by atoms with Crippen molar-refractivity contribution < 1.29 is 9.59 Å². The number of nitrogens with zero attached hydrogens (tertiary/aromatic N) is 3. The van der Waals surface area contributed by atoms with Crippen LogP contribution >= 0.6 is 0 Å². The second kappa shape index (κ2) is 6.61. The van der Waals surface area contributed by atoms with E-state index in [-0.39, 0.29) is 24.7 Å². The minimum Gasteiger partial charge on any atom is -0.370 e. The second-order valence-corrected chi connectivity index (χ2v) is 4.64. The molecule has 0 unspecified atom stereocenters. The van der Waals surface area contributed by atoms with Crippen LogP contribution in [0.1, 0.15) is 18.5 Å². The molecule has 0 atom stereocenters. The molecule has 5 N–H and O–H groups in total. The van der Waals surface area contributed by atoms with Gasteiger partial charge in [0.05, 0.1) is 11.2 Å². The van der Waals surface area contributed by atoms with Crippen molar-refractivity contribution in [2.24, 2.45) is 16.5 Å². The van der Waals surface area contributed by atoms with Crippen LogP contribution in [0.15, 0.2) is 29.3 Å². The summed E-state index contributed by atoms with van der Waals surface area (Å²) in [6, 6.07) is 7.50. The van der Waals surface area contributed by atoms with E-state index in [0.29, 0.717) is 0 Å². The van der Waals surface area contributed by atoms with Crippen molar-refractivity contribution in [1.29, 1.82) is 0 Å². The first-order chi connectivity index (χ1) is 10.5. The van der Waals surface area contributed by atoms with Gasteiger partial charge in [-0.05, 0) is 13.0 Å². The summed E-state index contributed by atoms with van der Waals surface area (Å²) in [5.74, 6) is -0.982. The van der Waals surface area contributed by atoms with Crippen LogP contribution in [0.2, 0.25) is 0 Å². The summed E-state index contributed by atoms with van der Waals surface area (Å²) in [4.78, 5) is 34.5. The number of aromatic nitrogens is 2. The average molecular weight is 300 g/mol. The Balaban J connectivity index is 2.14. The molecule has 8 nitrogen and oxygen atoms in total. The van der Waals surface area contributed by atoms with E-state index in [2.05, 4.69) is 20.3 Å². The maximum atomic E-state index is 11.5. The molecule has 2 rings (SSSR count). The molecule has 1 aromatic heterocycles. The molecule has 0 radical (unpaired) electrons. The highest BCUT2D eigenvalue weighted by Gasteiger charge is 2.07. The Kier molecular flexibility index (Phi) is 4.62. The quantitative estimate of drug-likeness (QED) is 0.549. The summed E-state index contributed by atoms with van der Waals surface area (Å²) in [7, 11) is 0. The summed E-state index contributed by atoms with van der Waals surface area (Å²) < 4.78 is 0. The Bertz CT molecular complexity index is 756. The number of carbonyl (C=O) groups excluding carboxylic acids is 2. The first-order valence-electron chi connectivity index (χ1n) is 6.61. The number of nitrogens with two attached hydrogens (primary N) is 2. The van der Waals surface area contributed by atoms with Gasteiger partial charge in [-0.15, -0.1) is 0 Å². The molecule has 1 heterocycles. The molecule has 0 aliphatic heterocycles. The van der Waals surface area contributed by atoms with Gasteiger partial charge in [-0.2, -0.15) is 4.99 Å². The van der Waals surface area contributed by atoms with Crippen LogP contribution in [0.3, 0.4) is 0 Å². The third kappa shape index (κ3) is 3.98. The highest BCUT2D eigenvalue weighted by atomic mass is 16.2. The van der Waals surface area contributed by atoms with E-state index in [1.54, 1.807) is 0 Å². The lowest BCUT2D eigenvalue weighted by Crippen LogP contribution is -2.37. The molecule has 2 aromatic rings. The Morgan fingerprint density at radius 2 is 1.91 bits per heavy atom. The minimum atomic E-state index is -0.556. The van der Waals surface area contributed by atoms with Crippen molar-refractivity contribution in [2.75, 3.05) is 0 Å². The van der Waals surface area contributed by atoms with Gasteiger partial charge in [0.25, 0.3) is 5.95 Å². The fourth-order valence-electron chi connectivity index (χ4n) is 1.85. The number of nitrogens with one attached hydrogen (secondary N) is 1. The molecule has 0 saturated heterocycles. The molecule has 2 amide bonds. The van der Waals surface area contributed by atoms with Gasteiger partial charge in [0.1, 0.15) is 0 Å². The van der Waals surface area contributed by atoms with E-state index < -0.39 is 11.8 Å². The van der Waals surface area contributed by atoms with E-state index in [1.807, 2.05) is 31.2 Å². The molecular formula is C14H16N6O2. The molecule has 0 aliphatic carbocycles. The van der Waals surface area contributed by atoms with Crippen molar-refractivity contribution >= 4 is 34.6 Å². The highest BCUT2D eigenvalue weighted by molar-refractivity contribution is 5.98. The largest absolute Gasteiger partial charge is 0.370 e. The van der Waals surface area contributed by atoms with Crippen molar-refractivity contribution in [3.05, 3.63) is 30.0 Å². The van der Waals surface area contributed by atoms with Gasteiger partial charge in [0.15, 0.2) is 0 Å². The van der Waals surface area contributed by atoms with E-state index in [0.717, 1.165) is 16.6 Å². The lowest BCUT2D eigenvalue weighted by molar-refractivity contribution is -0.124. The predicted molar refractivity (Wildman–Crippen MR) is 82.1 cm³/mol. The van der Waals surface area contributed by atoms with Gasteiger partial charge in [-0.1, -0.05) is 18.2 Å². The van der Waals surface area contributed by atoms with Crippen LogP contribution in [0.5, 0.6) is 0 Å². The number of para-hydroxylation sites is 1. The number of hydrogen-bond acceptors (Lipinski definition) is 5. The SMILES string of the molecule is Cc1nc(N=C(N)NC(=O)CCC(N)=O)nc2ccccc12. The van der Waals surface area contributed by atoms with Crippen LogP contribution in [-0.4, -0.2) is 27.7 Å². The molecular weight excluding hydrogens is 284 g/mol. The normalized spacial score (nSPS) is 11.4. The molecule has 8 heteroatoms. The van der Waals surface area contributed by atoms with Crippen molar-refractivity contribution in [2.45, 2.75) is 19.8 Å². The number of hydrogen-bond donors (Lipinski definition) is 3. The molecule has 0 saturated carbocycles. The maximum absolute atomic E-state index is 11.5. The first-order valence-corrected chi connectivity index (χ1v) is 6.61. The third-order valence-corrected chi connectivity index (χ3v) is 2.87. The van der Waals surface area contributed by atoms with Crippen LogP contribution in [0, 0.1) is 6.92 Å². The summed E-state index contributed by atoms with van der Waals surface area (Å²) in [6.45, 7) is 1.84. The number of amides is 2. The molecule has 0 bridgehead atoms. The van der Waals surface area contributed by atoms with Gasteiger partial charge in [0.2, 0.25) is 17.8 Å². The molecule has 0 fully saturated rings. The zero-order chi connectivity index (χ0) is 16.1. The average Bonchev–Trinajstić information content (AvgIpc) is 2.45. The van der Waals surface area contributed by atoms with Crippen LogP contribution < -0.4 is 16.8 Å². The minimum absolute atomic E-state index is 0.0509. The van der Waals surface area contributed by atoms with E-state index in [4.69, 9.17) is 11.5 Å². The van der Waals surface area contributed by atoms with Crippen LogP contribution in [0.4, 0.5) is 5.95 Å². The first kappa shape index (κ1) is 15.4. The standard InChI is InChI=1S/C14H16N6O2/c1-8-9-4-2-3-5-10(9)18-14(17-8)20-13(16)19-12(22)7-6-11(15)21/h2-5H,6-7H2,1H3,(H2,15,21)(H3,16,17,18,19,20,22). The highest BCUT2D eigenvalue weighted by Crippen LogP contribution is 2.17. The number of aryl methyl sites for hydroxylation is 1. The zero-order valence-corrected chi connectivity index (χ0v) is 12.0. The summed E-state index contributed by atoms with van der Waals surface area (Å²) in [6.07, 6.45) is -0.103. The molecule has 1 aromatic carbocycles. The van der Waals surface area contributed by atoms with Crippen LogP contribution in [0.25, 0.3) is 10.9 Å². The zero-order valence-electron chi connectivity index (χ0n) is 12.0. The lowest BCUT2D eigenvalue weighted by atomic mass is 10.2. The van der Waals surface area contributed by atoms with Crippen molar-refractivity contribution in [3.8, 4) is 0 Å². The smallest absolute Gasteiger partial charge is 0.253 e. The number of rotatable bonds is 4. The monoisotopic (exact) mass is 300 g/mol. The van der Waals surface area contributed by atoms with E-state index in [9.17, 15) is 9.59 Å². The van der Waals surface area contributed by atoms with Crippen LogP contribution in [-0.2, 0) is 9.59 Å². The Hall–Kier alpha value is -3.03. The maximum Gasteiger partial charge on any atom is 0.253 e. The summed E-state index contributed by atoms with van der Waals surface area (Å²) >= 11 is 0. The van der Waals surface area contributed by atoms with E-state index in [1.165, 1.54) is 0 Å². The van der Waals surface area contributed by atoms with Gasteiger partial charge < -0.3 is 11.5 Å². The fourth-order valence-corrected chi connectivity index (χ4v) is 1.85. The van der Waals surface area contributed by atoms with Gasteiger partial charge in [-0.3, -0.25) is 14.9 Å². The Morgan fingerprint density at radius 1 is 1.18 bits per heavy atom. The number of guanidine groups is 1. The predicted octanol–water partition coefficient (Wildman–Crippen LogP) is 0.266. The number of carbonyl (C=O) groups is 2. The number of fused-ring (bicyclic) bond motifs is 1. The summed E-state index contributed by atoms with van der Waals surface area (Å²) in [5.41, 5.74) is 12.1. The number of aliphatic imine (C=N–C) groups is 1. The number of primary amides is 1. The molecule has 22 heavy (non-hydrogen) atoms. The third-order valence-electron chi connectivity index (χ3n) is 2.87. The Labute approximate surface area is 126 Å². The topological polar surface area (TPSA) is 136 Å². The van der Waals surface area contributed by atoms with Gasteiger partial charge >= 0.3 is 0 Å².